The predicted octanol–water partition coefficient (Wildman–Crippen LogP) is 2.63. The number of likely N-dealkylation sites (N-methyl/N-ethyl adjacent to an activating group) is 1. The summed E-state index contributed by atoms with van der Waals surface area (Å²) in [5, 5.41) is 3.00. The van der Waals surface area contributed by atoms with E-state index < -0.39 is 0 Å². The zero-order valence-electron chi connectivity index (χ0n) is 13.5. The minimum atomic E-state index is -0.00786. The molecule has 0 aliphatic heterocycles. The van der Waals surface area contributed by atoms with Crippen LogP contribution in [0, 0.1) is 18.3 Å². The lowest BCUT2D eigenvalue weighted by Gasteiger charge is -2.18. The molecule has 0 spiro atoms. The Balaban J connectivity index is 2.53. The Morgan fingerprint density at radius 1 is 1.29 bits per heavy atom. The normalized spacial score (nSPS) is 12.2. The standard InChI is InChI=1S/C18H26N2O/c1-6-11-20(5)13-18(21)19-15(4)17-9-7-16(8-10-17)12-14(2)3/h1,7-10,14-15H,11-13H2,2-5H3,(H,19,21)/t15-/m0/s1. The second-order valence-corrected chi connectivity index (χ2v) is 6.01. The third-order valence-corrected chi connectivity index (χ3v) is 3.28. The molecule has 0 heterocycles. The number of carbonyl (C=O) groups is 1. The van der Waals surface area contributed by atoms with E-state index >= 15 is 0 Å². The molecule has 1 aromatic carbocycles. The van der Waals surface area contributed by atoms with E-state index in [1.54, 1.807) is 0 Å². The molecule has 114 valence electrons. The van der Waals surface area contributed by atoms with Crippen molar-refractivity contribution in [1.82, 2.24) is 10.2 Å². The Morgan fingerprint density at radius 3 is 2.43 bits per heavy atom. The lowest BCUT2D eigenvalue weighted by atomic mass is 10.00. The zero-order valence-corrected chi connectivity index (χ0v) is 13.5. The maximum absolute atomic E-state index is 11.9. The van der Waals surface area contributed by atoms with Crippen molar-refractivity contribution in [2.75, 3.05) is 20.1 Å². The molecule has 1 N–H and O–H groups in total. The number of terminal acetylenes is 1. The van der Waals surface area contributed by atoms with Crippen LogP contribution in [0.2, 0.25) is 0 Å². The number of rotatable bonds is 7. The topological polar surface area (TPSA) is 32.3 Å². The first-order chi connectivity index (χ1) is 9.92. The van der Waals surface area contributed by atoms with Crippen molar-refractivity contribution in [3.05, 3.63) is 35.4 Å². The Labute approximate surface area is 128 Å². The molecule has 1 amide bonds. The van der Waals surface area contributed by atoms with Gasteiger partial charge in [-0.3, -0.25) is 9.69 Å². The molecule has 0 saturated carbocycles. The SMILES string of the molecule is C#CCN(C)CC(=O)N[C@@H](C)c1ccc(CC(C)C)cc1. The van der Waals surface area contributed by atoms with Gasteiger partial charge in [-0.25, -0.2) is 0 Å². The first-order valence-electron chi connectivity index (χ1n) is 7.42. The van der Waals surface area contributed by atoms with Crippen LogP contribution in [0.4, 0.5) is 0 Å². The van der Waals surface area contributed by atoms with Gasteiger partial charge in [0.1, 0.15) is 0 Å². The highest BCUT2D eigenvalue weighted by molar-refractivity contribution is 5.78. The third-order valence-electron chi connectivity index (χ3n) is 3.28. The Hall–Kier alpha value is -1.79. The van der Waals surface area contributed by atoms with Gasteiger partial charge >= 0.3 is 0 Å². The van der Waals surface area contributed by atoms with Crippen molar-refractivity contribution >= 4 is 5.91 Å². The quantitative estimate of drug-likeness (QED) is 0.782. The summed E-state index contributed by atoms with van der Waals surface area (Å²) in [6.07, 6.45) is 6.30. The molecule has 0 fully saturated rings. The third kappa shape index (κ3) is 6.46. The highest BCUT2D eigenvalue weighted by Gasteiger charge is 2.11. The summed E-state index contributed by atoms with van der Waals surface area (Å²) in [5.74, 6) is 3.17. The zero-order chi connectivity index (χ0) is 15.8. The molecule has 0 unspecified atom stereocenters. The van der Waals surface area contributed by atoms with Crippen LogP contribution in [-0.4, -0.2) is 30.9 Å². The van der Waals surface area contributed by atoms with Gasteiger partial charge < -0.3 is 5.32 Å². The minimum Gasteiger partial charge on any atom is -0.348 e. The molecule has 3 nitrogen and oxygen atoms in total. The fourth-order valence-corrected chi connectivity index (χ4v) is 2.24. The summed E-state index contributed by atoms with van der Waals surface area (Å²) in [7, 11) is 1.84. The van der Waals surface area contributed by atoms with Crippen molar-refractivity contribution in [3.8, 4) is 12.3 Å². The van der Waals surface area contributed by atoms with Crippen LogP contribution in [-0.2, 0) is 11.2 Å². The molecule has 0 aliphatic carbocycles. The molecule has 0 bridgehead atoms. The van der Waals surface area contributed by atoms with Crippen LogP contribution in [0.3, 0.4) is 0 Å². The largest absolute Gasteiger partial charge is 0.348 e. The number of carbonyl (C=O) groups excluding carboxylic acids is 1. The molecular weight excluding hydrogens is 260 g/mol. The van der Waals surface area contributed by atoms with Gasteiger partial charge in [-0.05, 0) is 37.4 Å². The summed E-state index contributed by atoms with van der Waals surface area (Å²) in [5.41, 5.74) is 2.46. The summed E-state index contributed by atoms with van der Waals surface area (Å²) in [4.78, 5) is 13.7. The molecular formula is C18H26N2O. The molecule has 1 aromatic rings. The van der Waals surface area contributed by atoms with Crippen molar-refractivity contribution in [2.45, 2.75) is 33.2 Å². The van der Waals surface area contributed by atoms with E-state index in [0.717, 1.165) is 12.0 Å². The van der Waals surface area contributed by atoms with Gasteiger partial charge in [0, 0.05) is 0 Å². The van der Waals surface area contributed by atoms with Crippen LogP contribution in [0.5, 0.6) is 0 Å². The Morgan fingerprint density at radius 2 is 1.90 bits per heavy atom. The first kappa shape index (κ1) is 17.3. The van der Waals surface area contributed by atoms with Crippen LogP contribution in [0.25, 0.3) is 0 Å². The summed E-state index contributed by atoms with van der Waals surface area (Å²) in [6.45, 7) is 7.22. The smallest absolute Gasteiger partial charge is 0.234 e. The van der Waals surface area contributed by atoms with E-state index in [1.165, 1.54) is 5.56 Å². The molecule has 21 heavy (non-hydrogen) atoms. The molecule has 1 rings (SSSR count). The van der Waals surface area contributed by atoms with Gasteiger partial charge in [0.25, 0.3) is 0 Å². The molecule has 1 atom stereocenters. The Bertz CT molecular complexity index is 485. The first-order valence-corrected chi connectivity index (χ1v) is 7.42. The van der Waals surface area contributed by atoms with Gasteiger partial charge in [0.2, 0.25) is 5.91 Å². The van der Waals surface area contributed by atoms with E-state index in [9.17, 15) is 4.79 Å². The van der Waals surface area contributed by atoms with E-state index in [0.29, 0.717) is 19.0 Å². The average molecular weight is 286 g/mol. The lowest BCUT2D eigenvalue weighted by Crippen LogP contribution is -2.36. The van der Waals surface area contributed by atoms with Crippen LogP contribution < -0.4 is 5.32 Å². The van der Waals surface area contributed by atoms with Crippen LogP contribution in [0.15, 0.2) is 24.3 Å². The fourth-order valence-electron chi connectivity index (χ4n) is 2.24. The van der Waals surface area contributed by atoms with E-state index in [-0.39, 0.29) is 11.9 Å². The van der Waals surface area contributed by atoms with Crippen LogP contribution >= 0.6 is 0 Å². The van der Waals surface area contributed by atoms with Gasteiger partial charge in [0.05, 0.1) is 19.1 Å². The second-order valence-electron chi connectivity index (χ2n) is 6.01. The fraction of sp³-hybridized carbons (Fsp3) is 0.500. The predicted molar refractivity (Wildman–Crippen MR) is 87.9 cm³/mol. The lowest BCUT2D eigenvalue weighted by molar-refractivity contribution is -0.122. The number of amides is 1. The van der Waals surface area contributed by atoms with Crippen LogP contribution in [0.1, 0.15) is 37.9 Å². The molecule has 0 saturated heterocycles. The maximum Gasteiger partial charge on any atom is 0.234 e. The average Bonchev–Trinajstić information content (AvgIpc) is 2.38. The van der Waals surface area contributed by atoms with Crippen molar-refractivity contribution in [2.24, 2.45) is 5.92 Å². The second kappa shape index (κ2) is 8.49. The molecule has 3 heteroatoms. The van der Waals surface area contributed by atoms with Crippen molar-refractivity contribution in [1.29, 1.82) is 0 Å². The van der Waals surface area contributed by atoms with E-state index in [4.69, 9.17) is 6.42 Å². The van der Waals surface area contributed by atoms with E-state index in [2.05, 4.69) is 49.4 Å². The molecule has 0 aliphatic rings. The van der Waals surface area contributed by atoms with Gasteiger partial charge in [-0.1, -0.05) is 44.0 Å². The summed E-state index contributed by atoms with van der Waals surface area (Å²) < 4.78 is 0. The number of nitrogens with zero attached hydrogens (tertiary/aromatic N) is 1. The highest BCUT2D eigenvalue weighted by atomic mass is 16.2. The van der Waals surface area contributed by atoms with Gasteiger partial charge in [0.15, 0.2) is 0 Å². The number of hydrogen-bond acceptors (Lipinski definition) is 2. The number of hydrogen-bond donors (Lipinski definition) is 1. The molecule has 0 radical (unpaired) electrons. The van der Waals surface area contributed by atoms with Gasteiger partial charge in [-0.15, -0.1) is 6.42 Å². The number of benzene rings is 1. The number of nitrogens with one attached hydrogen (secondary N) is 1. The summed E-state index contributed by atoms with van der Waals surface area (Å²) >= 11 is 0. The summed E-state index contributed by atoms with van der Waals surface area (Å²) in [6, 6.07) is 8.47. The van der Waals surface area contributed by atoms with Gasteiger partial charge in [-0.2, -0.15) is 0 Å². The monoisotopic (exact) mass is 286 g/mol. The Kier molecular flexibility index (Phi) is 6.98. The maximum atomic E-state index is 11.9. The molecule has 0 aromatic heterocycles. The van der Waals surface area contributed by atoms with E-state index in [1.807, 2.05) is 18.9 Å². The van der Waals surface area contributed by atoms with Crippen molar-refractivity contribution < 1.29 is 4.79 Å². The minimum absolute atomic E-state index is 0.00448. The highest BCUT2D eigenvalue weighted by Crippen LogP contribution is 2.15. The van der Waals surface area contributed by atoms with Crippen molar-refractivity contribution in [3.63, 3.8) is 0 Å².